The van der Waals surface area contributed by atoms with Crippen molar-refractivity contribution in [2.45, 2.75) is 56.3 Å². The maximum atomic E-state index is 14.7. The van der Waals surface area contributed by atoms with Crippen LogP contribution >= 0.6 is 0 Å². The van der Waals surface area contributed by atoms with Gasteiger partial charge in [-0.2, -0.15) is 35.1 Å². The van der Waals surface area contributed by atoms with Gasteiger partial charge >= 0.3 is 18.3 Å². The topological polar surface area (TPSA) is 29.5 Å². The average molecular weight is 447 g/mol. The molecule has 1 aliphatic rings. The zero-order chi connectivity index (χ0) is 22.6. The number of carbonyl (C=O) groups is 1. The van der Waals surface area contributed by atoms with Crippen LogP contribution in [0.4, 0.5) is 35.1 Å². The molecule has 1 saturated heterocycles. The highest BCUT2D eigenvalue weighted by molar-refractivity contribution is 5.85. The number of ether oxygens (including phenoxy) is 1. The molecule has 1 aromatic rings. The number of rotatable bonds is 7. The van der Waals surface area contributed by atoms with E-state index in [1.807, 2.05) is 0 Å². The van der Waals surface area contributed by atoms with Gasteiger partial charge < -0.3 is 9.64 Å². The molecule has 30 heavy (non-hydrogen) atoms. The molecule has 0 bridgehead atoms. The summed E-state index contributed by atoms with van der Waals surface area (Å²) in [5, 5.41) is 0. The number of alkyl halides is 8. The Labute approximate surface area is 168 Å². The maximum Gasteiger partial charge on any atom is 0.402 e. The van der Waals surface area contributed by atoms with E-state index in [9.17, 15) is 39.9 Å². The monoisotopic (exact) mass is 447 g/mol. The summed E-state index contributed by atoms with van der Waals surface area (Å²) in [5.41, 5.74) is -0.833. The minimum Gasteiger partial charge on any atom is -0.494 e. The number of likely N-dealkylation sites (tertiary alicyclic amines) is 1. The highest BCUT2D eigenvalue weighted by Crippen LogP contribution is 2.47. The number of piperidine rings is 1. The lowest BCUT2D eigenvalue weighted by Crippen LogP contribution is -2.52. The van der Waals surface area contributed by atoms with E-state index < -0.39 is 42.1 Å². The molecule has 1 fully saturated rings. The summed E-state index contributed by atoms with van der Waals surface area (Å²) in [6.07, 6.45) is -9.62. The number of amides is 1. The standard InChI is InChI=1S/C19H21F8NO2/c20-17(21,22)9-4-12-30-14-7-5-13(6-8-14)15(19(25,26)27)18(23,24)16(29)28-10-2-1-3-11-28/h5-8,15H,1-4,9-12H2. The van der Waals surface area contributed by atoms with Gasteiger partial charge in [-0.25, -0.2) is 0 Å². The van der Waals surface area contributed by atoms with Crippen molar-refractivity contribution in [3.8, 4) is 5.75 Å². The van der Waals surface area contributed by atoms with E-state index >= 15 is 0 Å². The Balaban J connectivity index is 2.14. The van der Waals surface area contributed by atoms with Crippen LogP contribution in [-0.2, 0) is 4.79 Å². The quantitative estimate of drug-likeness (QED) is 0.396. The zero-order valence-electron chi connectivity index (χ0n) is 15.8. The normalized spacial score (nSPS) is 17.0. The lowest BCUT2D eigenvalue weighted by Gasteiger charge is -2.34. The molecule has 0 N–H and O–H groups in total. The van der Waals surface area contributed by atoms with Gasteiger partial charge in [0.05, 0.1) is 6.61 Å². The van der Waals surface area contributed by atoms with Crippen LogP contribution in [0.25, 0.3) is 0 Å². The third kappa shape index (κ3) is 6.46. The summed E-state index contributed by atoms with van der Waals surface area (Å²) in [6, 6.07) is 3.41. The van der Waals surface area contributed by atoms with Crippen LogP contribution in [-0.4, -0.2) is 48.8 Å². The molecule has 2 rings (SSSR count). The number of hydrogen-bond acceptors (Lipinski definition) is 2. The first-order chi connectivity index (χ1) is 13.8. The minimum atomic E-state index is -5.40. The van der Waals surface area contributed by atoms with Gasteiger partial charge in [-0.15, -0.1) is 0 Å². The molecule has 1 amide bonds. The Morgan fingerprint density at radius 3 is 2.00 bits per heavy atom. The van der Waals surface area contributed by atoms with E-state index in [0.717, 1.165) is 29.2 Å². The number of hydrogen-bond donors (Lipinski definition) is 0. The Morgan fingerprint density at radius 1 is 0.933 bits per heavy atom. The second-order valence-electron chi connectivity index (χ2n) is 7.09. The van der Waals surface area contributed by atoms with E-state index in [-0.39, 0.29) is 31.9 Å². The number of carbonyl (C=O) groups excluding carboxylic acids is 1. The molecule has 11 heteroatoms. The smallest absolute Gasteiger partial charge is 0.402 e. The fraction of sp³-hybridized carbons (Fsp3) is 0.632. The summed E-state index contributed by atoms with van der Waals surface area (Å²) in [6.45, 7) is -0.390. The van der Waals surface area contributed by atoms with Crippen LogP contribution in [0.2, 0.25) is 0 Å². The Morgan fingerprint density at radius 2 is 1.50 bits per heavy atom. The first-order valence-electron chi connectivity index (χ1n) is 9.36. The van der Waals surface area contributed by atoms with Gasteiger partial charge in [-0.05, 0) is 43.4 Å². The van der Waals surface area contributed by atoms with Crippen molar-refractivity contribution in [1.29, 1.82) is 0 Å². The Hall–Kier alpha value is -2.07. The van der Waals surface area contributed by atoms with Gasteiger partial charge in [0, 0.05) is 19.5 Å². The van der Waals surface area contributed by atoms with E-state index in [1.54, 1.807) is 0 Å². The van der Waals surface area contributed by atoms with Gasteiger partial charge in [0.25, 0.3) is 5.91 Å². The van der Waals surface area contributed by atoms with Crippen LogP contribution in [0, 0.1) is 0 Å². The highest BCUT2D eigenvalue weighted by atomic mass is 19.4. The molecule has 0 aliphatic carbocycles. The van der Waals surface area contributed by atoms with Gasteiger partial charge in [0.2, 0.25) is 0 Å². The van der Waals surface area contributed by atoms with Crippen molar-refractivity contribution in [1.82, 2.24) is 4.90 Å². The third-order valence-electron chi connectivity index (χ3n) is 4.71. The lowest BCUT2D eigenvalue weighted by molar-refractivity contribution is -0.216. The summed E-state index contributed by atoms with van der Waals surface area (Å²) in [5.74, 6) is -9.98. The van der Waals surface area contributed by atoms with Crippen LogP contribution in [0.5, 0.6) is 5.75 Å². The molecule has 170 valence electrons. The molecule has 1 unspecified atom stereocenters. The molecule has 0 aromatic heterocycles. The van der Waals surface area contributed by atoms with Crippen molar-refractivity contribution in [3.05, 3.63) is 29.8 Å². The molecule has 0 spiro atoms. The van der Waals surface area contributed by atoms with Crippen molar-refractivity contribution < 1.29 is 44.7 Å². The van der Waals surface area contributed by atoms with Crippen molar-refractivity contribution in [2.75, 3.05) is 19.7 Å². The number of benzene rings is 1. The van der Waals surface area contributed by atoms with E-state index in [2.05, 4.69) is 0 Å². The molecule has 1 atom stereocenters. The van der Waals surface area contributed by atoms with E-state index in [0.29, 0.717) is 19.3 Å². The van der Waals surface area contributed by atoms with Crippen LogP contribution < -0.4 is 4.74 Å². The van der Waals surface area contributed by atoms with Crippen LogP contribution in [0.3, 0.4) is 0 Å². The largest absolute Gasteiger partial charge is 0.494 e. The fourth-order valence-electron chi connectivity index (χ4n) is 3.25. The fourth-order valence-corrected chi connectivity index (χ4v) is 3.25. The van der Waals surface area contributed by atoms with Gasteiger partial charge in [0.1, 0.15) is 5.75 Å². The summed E-state index contributed by atoms with van der Waals surface area (Å²) in [7, 11) is 0. The summed E-state index contributed by atoms with van der Waals surface area (Å²) < 4.78 is 111. The molecule has 0 saturated carbocycles. The van der Waals surface area contributed by atoms with Crippen molar-refractivity contribution in [3.63, 3.8) is 0 Å². The van der Waals surface area contributed by atoms with Gasteiger partial charge in [0.15, 0.2) is 5.92 Å². The van der Waals surface area contributed by atoms with Crippen molar-refractivity contribution in [2.24, 2.45) is 0 Å². The predicted octanol–water partition coefficient (Wildman–Crippen LogP) is 5.70. The summed E-state index contributed by atoms with van der Waals surface area (Å²) in [4.78, 5) is 12.9. The van der Waals surface area contributed by atoms with E-state index in [1.165, 1.54) is 0 Å². The predicted molar refractivity (Wildman–Crippen MR) is 91.4 cm³/mol. The van der Waals surface area contributed by atoms with E-state index in [4.69, 9.17) is 4.74 Å². The molecule has 1 aromatic carbocycles. The number of nitrogens with zero attached hydrogens (tertiary/aromatic N) is 1. The second-order valence-corrected chi connectivity index (χ2v) is 7.09. The number of halogens is 8. The van der Waals surface area contributed by atoms with Crippen LogP contribution in [0.1, 0.15) is 43.6 Å². The third-order valence-corrected chi connectivity index (χ3v) is 4.71. The summed E-state index contributed by atoms with van der Waals surface area (Å²) >= 11 is 0. The first-order valence-corrected chi connectivity index (χ1v) is 9.36. The molecule has 0 radical (unpaired) electrons. The molecule has 1 heterocycles. The van der Waals surface area contributed by atoms with Crippen LogP contribution in [0.15, 0.2) is 24.3 Å². The Kier molecular flexibility index (Phi) is 7.57. The maximum absolute atomic E-state index is 14.7. The second kappa shape index (κ2) is 9.38. The first kappa shape index (κ1) is 24.2. The molecule has 1 aliphatic heterocycles. The minimum absolute atomic E-state index is 0.0241. The average Bonchev–Trinajstić information content (AvgIpc) is 2.64. The molecular formula is C19H21F8NO2. The van der Waals surface area contributed by atoms with Crippen molar-refractivity contribution >= 4 is 5.91 Å². The zero-order valence-corrected chi connectivity index (χ0v) is 15.8. The SMILES string of the molecule is O=C(N1CCCCC1)C(F)(F)C(c1ccc(OCCCC(F)(F)F)cc1)C(F)(F)F. The Bertz CT molecular complexity index is 694. The van der Waals surface area contributed by atoms with Gasteiger partial charge in [-0.3, -0.25) is 4.79 Å². The lowest BCUT2D eigenvalue weighted by atomic mass is 9.90. The highest BCUT2D eigenvalue weighted by Gasteiger charge is 2.61. The molecule has 3 nitrogen and oxygen atoms in total. The van der Waals surface area contributed by atoms with Gasteiger partial charge in [-0.1, -0.05) is 12.1 Å². The molecular weight excluding hydrogens is 426 g/mol.